The van der Waals surface area contributed by atoms with Gasteiger partial charge in [0.25, 0.3) is 0 Å². The van der Waals surface area contributed by atoms with Crippen molar-refractivity contribution in [1.82, 2.24) is 0 Å². The molecule has 0 spiro atoms. The summed E-state index contributed by atoms with van der Waals surface area (Å²) in [6.45, 7) is 2.09. The lowest BCUT2D eigenvalue weighted by atomic mass is 10.2. The van der Waals surface area contributed by atoms with E-state index in [1.807, 2.05) is 17.8 Å². The van der Waals surface area contributed by atoms with Crippen LogP contribution < -0.4 is 4.74 Å². The zero-order valence-electron chi connectivity index (χ0n) is 8.83. The minimum Gasteiger partial charge on any atom is -0.490 e. The van der Waals surface area contributed by atoms with Crippen LogP contribution in [0.2, 0.25) is 0 Å². The first kappa shape index (κ1) is 11.3. The lowest BCUT2D eigenvalue weighted by molar-refractivity contribution is 0.191. The Morgan fingerprint density at radius 2 is 2.07 bits per heavy atom. The summed E-state index contributed by atoms with van der Waals surface area (Å²) in [5.41, 5.74) is 1.20. The Hall–Kier alpha value is -0.150. The van der Waals surface area contributed by atoms with Crippen LogP contribution in [0.3, 0.4) is 0 Å². The summed E-state index contributed by atoms with van der Waals surface area (Å²) < 4.78 is 7.15. The summed E-state index contributed by atoms with van der Waals surface area (Å²) in [5, 5.41) is 0. The normalized spacial score (nSPS) is 17.7. The van der Waals surface area contributed by atoms with Crippen molar-refractivity contribution in [3.63, 3.8) is 0 Å². The van der Waals surface area contributed by atoms with E-state index in [0.29, 0.717) is 6.10 Å². The highest BCUT2D eigenvalue weighted by Crippen LogP contribution is 2.29. The van der Waals surface area contributed by atoms with Gasteiger partial charge in [0.1, 0.15) is 11.9 Å². The van der Waals surface area contributed by atoms with E-state index in [9.17, 15) is 0 Å². The number of benzene rings is 1. The first-order valence-corrected chi connectivity index (χ1v) is 7.21. The number of halogens is 1. The molecule has 1 aromatic carbocycles. The largest absolute Gasteiger partial charge is 0.490 e. The standard InChI is InChI=1S/C12H15BrOS/c1-9-11(13)3-2-4-12(9)14-10-5-7-15-8-6-10/h2-4,10H,5-8H2,1H3. The van der Waals surface area contributed by atoms with Gasteiger partial charge in [-0.15, -0.1) is 0 Å². The number of hydrogen-bond acceptors (Lipinski definition) is 2. The maximum Gasteiger partial charge on any atom is 0.123 e. The molecule has 1 aromatic rings. The van der Waals surface area contributed by atoms with Crippen molar-refractivity contribution >= 4 is 27.7 Å². The smallest absolute Gasteiger partial charge is 0.123 e. The van der Waals surface area contributed by atoms with Crippen molar-refractivity contribution in [2.45, 2.75) is 25.9 Å². The Bertz CT molecular complexity index is 334. The summed E-state index contributed by atoms with van der Waals surface area (Å²) in [6.07, 6.45) is 2.77. The van der Waals surface area contributed by atoms with E-state index < -0.39 is 0 Å². The predicted molar refractivity (Wildman–Crippen MR) is 69.9 cm³/mol. The summed E-state index contributed by atoms with van der Waals surface area (Å²) >= 11 is 5.55. The van der Waals surface area contributed by atoms with Crippen molar-refractivity contribution < 1.29 is 4.74 Å². The van der Waals surface area contributed by atoms with Gasteiger partial charge in [-0.3, -0.25) is 0 Å². The first-order chi connectivity index (χ1) is 7.27. The Labute approximate surface area is 104 Å². The number of thioether (sulfide) groups is 1. The summed E-state index contributed by atoms with van der Waals surface area (Å²) in [5.74, 6) is 3.50. The maximum absolute atomic E-state index is 6.02. The van der Waals surface area contributed by atoms with Crippen molar-refractivity contribution in [3.05, 3.63) is 28.2 Å². The highest BCUT2D eigenvalue weighted by Gasteiger charge is 2.16. The third-order valence-corrected chi connectivity index (χ3v) is 4.59. The van der Waals surface area contributed by atoms with E-state index in [0.717, 1.165) is 10.2 Å². The molecule has 0 atom stereocenters. The predicted octanol–water partition coefficient (Wildman–Crippen LogP) is 4.03. The first-order valence-electron chi connectivity index (χ1n) is 5.27. The van der Waals surface area contributed by atoms with Crippen LogP contribution in [-0.2, 0) is 0 Å². The van der Waals surface area contributed by atoms with Crippen LogP contribution in [0.15, 0.2) is 22.7 Å². The van der Waals surface area contributed by atoms with E-state index >= 15 is 0 Å². The lowest BCUT2D eigenvalue weighted by Gasteiger charge is -2.23. The molecule has 0 aliphatic carbocycles. The minimum atomic E-state index is 0.416. The zero-order chi connectivity index (χ0) is 10.7. The zero-order valence-corrected chi connectivity index (χ0v) is 11.2. The van der Waals surface area contributed by atoms with E-state index in [-0.39, 0.29) is 0 Å². The van der Waals surface area contributed by atoms with Crippen LogP contribution in [0.4, 0.5) is 0 Å². The van der Waals surface area contributed by atoms with Gasteiger partial charge in [0.2, 0.25) is 0 Å². The maximum atomic E-state index is 6.02. The summed E-state index contributed by atoms with van der Waals surface area (Å²) in [4.78, 5) is 0. The molecule has 1 aliphatic heterocycles. The molecule has 15 heavy (non-hydrogen) atoms. The van der Waals surface area contributed by atoms with Crippen LogP contribution >= 0.6 is 27.7 Å². The molecule has 2 rings (SSSR count). The van der Waals surface area contributed by atoms with Gasteiger partial charge in [-0.25, -0.2) is 0 Å². The van der Waals surface area contributed by atoms with Crippen molar-refractivity contribution in [3.8, 4) is 5.75 Å². The van der Waals surface area contributed by atoms with Gasteiger partial charge < -0.3 is 4.74 Å². The lowest BCUT2D eigenvalue weighted by Crippen LogP contribution is -2.22. The molecule has 3 heteroatoms. The second-order valence-electron chi connectivity index (χ2n) is 3.79. The molecule has 0 amide bonds. The Morgan fingerprint density at radius 1 is 1.33 bits per heavy atom. The third-order valence-electron chi connectivity index (χ3n) is 2.68. The molecular weight excluding hydrogens is 272 g/mol. The van der Waals surface area contributed by atoms with E-state index in [4.69, 9.17) is 4.74 Å². The molecule has 0 bridgehead atoms. The van der Waals surface area contributed by atoms with E-state index in [1.54, 1.807) is 0 Å². The van der Waals surface area contributed by atoms with Gasteiger partial charge >= 0.3 is 0 Å². The number of ether oxygens (including phenoxy) is 1. The Morgan fingerprint density at radius 3 is 2.80 bits per heavy atom. The van der Waals surface area contributed by atoms with Crippen LogP contribution in [0, 0.1) is 6.92 Å². The molecule has 1 saturated heterocycles. The molecule has 0 saturated carbocycles. The molecule has 1 heterocycles. The SMILES string of the molecule is Cc1c(Br)cccc1OC1CCSCC1. The molecule has 0 unspecified atom stereocenters. The minimum absolute atomic E-state index is 0.416. The highest BCUT2D eigenvalue weighted by molar-refractivity contribution is 9.10. The summed E-state index contributed by atoms with van der Waals surface area (Å²) in [6, 6.07) is 6.14. The van der Waals surface area contributed by atoms with Gasteiger partial charge in [0.05, 0.1) is 0 Å². The van der Waals surface area contributed by atoms with Crippen LogP contribution in [-0.4, -0.2) is 17.6 Å². The van der Waals surface area contributed by atoms with Gasteiger partial charge in [-0.05, 0) is 43.4 Å². The molecule has 1 fully saturated rings. The highest BCUT2D eigenvalue weighted by atomic mass is 79.9. The van der Waals surface area contributed by atoms with Crippen molar-refractivity contribution in [1.29, 1.82) is 0 Å². The quantitative estimate of drug-likeness (QED) is 0.812. The van der Waals surface area contributed by atoms with E-state index in [2.05, 4.69) is 35.0 Å². The molecule has 1 aliphatic rings. The van der Waals surface area contributed by atoms with Crippen molar-refractivity contribution in [2.75, 3.05) is 11.5 Å². The number of rotatable bonds is 2. The van der Waals surface area contributed by atoms with Gasteiger partial charge in [-0.1, -0.05) is 22.0 Å². The second kappa shape index (κ2) is 5.26. The average molecular weight is 287 g/mol. The summed E-state index contributed by atoms with van der Waals surface area (Å²) in [7, 11) is 0. The molecule has 0 aromatic heterocycles. The Kier molecular flexibility index (Phi) is 3.98. The topological polar surface area (TPSA) is 9.23 Å². The van der Waals surface area contributed by atoms with Crippen LogP contribution in [0.25, 0.3) is 0 Å². The monoisotopic (exact) mass is 286 g/mol. The van der Waals surface area contributed by atoms with Crippen molar-refractivity contribution in [2.24, 2.45) is 0 Å². The number of hydrogen-bond donors (Lipinski definition) is 0. The molecule has 0 N–H and O–H groups in total. The van der Waals surface area contributed by atoms with Crippen LogP contribution in [0.5, 0.6) is 5.75 Å². The average Bonchev–Trinajstić information content (AvgIpc) is 2.26. The Balaban J connectivity index is 2.06. The molecule has 82 valence electrons. The van der Waals surface area contributed by atoms with Gasteiger partial charge in [0, 0.05) is 10.0 Å². The molecular formula is C12H15BrOS. The molecule has 1 nitrogen and oxygen atoms in total. The van der Waals surface area contributed by atoms with Gasteiger partial charge in [-0.2, -0.15) is 11.8 Å². The fraction of sp³-hybridized carbons (Fsp3) is 0.500. The van der Waals surface area contributed by atoms with Gasteiger partial charge in [0.15, 0.2) is 0 Å². The van der Waals surface area contributed by atoms with Crippen LogP contribution in [0.1, 0.15) is 18.4 Å². The second-order valence-corrected chi connectivity index (χ2v) is 5.87. The fourth-order valence-corrected chi connectivity index (χ4v) is 3.10. The third kappa shape index (κ3) is 2.91. The molecule has 0 radical (unpaired) electrons. The fourth-order valence-electron chi connectivity index (χ4n) is 1.69. The van der Waals surface area contributed by atoms with E-state index in [1.165, 1.54) is 29.9 Å².